The van der Waals surface area contributed by atoms with E-state index in [0.29, 0.717) is 11.7 Å². The van der Waals surface area contributed by atoms with Crippen LogP contribution in [0.2, 0.25) is 0 Å². The Hall–Kier alpha value is -1.20. The van der Waals surface area contributed by atoms with Gasteiger partial charge in [0, 0.05) is 0 Å². The Morgan fingerprint density at radius 3 is 2.78 bits per heavy atom. The lowest BCUT2D eigenvalue weighted by molar-refractivity contribution is 0.303. The first-order valence-corrected chi connectivity index (χ1v) is 6.97. The van der Waals surface area contributed by atoms with Crippen LogP contribution in [-0.2, 0) is 6.42 Å². The normalized spacial score (nSPS) is 13.8. The van der Waals surface area contributed by atoms with Crippen LogP contribution in [-0.4, -0.2) is 10.1 Å². The van der Waals surface area contributed by atoms with Crippen molar-refractivity contribution >= 4 is 11.3 Å². The van der Waals surface area contributed by atoms with E-state index in [2.05, 4.69) is 43.9 Å². The van der Waals surface area contributed by atoms with Gasteiger partial charge in [-0.3, -0.25) is 0 Å². The van der Waals surface area contributed by atoms with E-state index >= 15 is 0 Å². The highest BCUT2D eigenvalue weighted by Gasteiger charge is 2.27. The predicted molar refractivity (Wildman–Crippen MR) is 73.4 cm³/mol. The minimum absolute atomic E-state index is 0.0792. The fourth-order valence-electron chi connectivity index (χ4n) is 1.64. The summed E-state index contributed by atoms with van der Waals surface area (Å²) in [4.78, 5) is 5.49. The van der Waals surface area contributed by atoms with E-state index in [1.807, 2.05) is 5.38 Å². The summed E-state index contributed by atoms with van der Waals surface area (Å²) >= 11 is 1.62. The van der Waals surface area contributed by atoms with E-state index in [4.69, 9.17) is 10.3 Å². The second-order valence-corrected chi connectivity index (χ2v) is 6.35. The first-order chi connectivity index (χ1) is 8.43. The zero-order valence-electron chi connectivity index (χ0n) is 11.2. The molecule has 18 heavy (non-hydrogen) atoms. The molecular formula is C13H19N3OS. The Bertz CT molecular complexity index is 524. The van der Waals surface area contributed by atoms with E-state index in [-0.39, 0.29) is 11.5 Å². The van der Waals surface area contributed by atoms with Crippen molar-refractivity contribution in [3.05, 3.63) is 22.8 Å². The summed E-state index contributed by atoms with van der Waals surface area (Å²) in [5.74, 6) is 1.16. The van der Waals surface area contributed by atoms with Crippen LogP contribution >= 0.6 is 11.3 Å². The SMILES string of the molecule is CCc1ccsc1-c1nc(C(N)C(C)(C)C)no1. The molecule has 0 aromatic carbocycles. The van der Waals surface area contributed by atoms with Crippen LogP contribution < -0.4 is 5.73 Å². The quantitative estimate of drug-likeness (QED) is 0.923. The standard InChI is InChI=1S/C13H19N3OS/c1-5-8-6-7-18-9(8)12-15-11(16-17-12)10(14)13(2,3)4/h6-7,10H,5,14H2,1-4H3. The zero-order chi connectivity index (χ0) is 13.3. The maximum atomic E-state index is 6.13. The van der Waals surface area contributed by atoms with Crippen molar-refractivity contribution in [3.63, 3.8) is 0 Å². The highest BCUT2D eigenvalue weighted by atomic mass is 32.1. The van der Waals surface area contributed by atoms with Gasteiger partial charge in [0.25, 0.3) is 5.89 Å². The van der Waals surface area contributed by atoms with Crippen LogP contribution in [0.1, 0.15) is 45.1 Å². The molecule has 2 heterocycles. The Morgan fingerprint density at radius 1 is 1.44 bits per heavy atom. The van der Waals surface area contributed by atoms with E-state index in [9.17, 15) is 0 Å². The third-order valence-corrected chi connectivity index (χ3v) is 3.92. The maximum Gasteiger partial charge on any atom is 0.268 e. The van der Waals surface area contributed by atoms with Crippen LogP contribution in [0, 0.1) is 5.41 Å². The lowest BCUT2D eigenvalue weighted by Crippen LogP contribution is -2.27. The lowest BCUT2D eigenvalue weighted by Gasteiger charge is -2.23. The topological polar surface area (TPSA) is 64.9 Å². The molecule has 98 valence electrons. The molecule has 0 aliphatic heterocycles. The molecular weight excluding hydrogens is 246 g/mol. The molecule has 4 nitrogen and oxygen atoms in total. The minimum atomic E-state index is -0.222. The number of aromatic nitrogens is 2. The summed E-state index contributed by atoms with van der Waals surface area (Å²) in [7, 11) is 0. The van der Waals surface area contributed by atoms with Crippen molar-refractivity contribution in [1.29, 1.82) is 0 Å². The smallest absolute Gasteiger partial charge is 0.268 e. The predicted octanol–water partition coefficient (Wildman–Crippen LogP) is 3.41. The van der Waals surface area contributed by atoms with Crippen molar-refractivity contribution in [2.75, 3.05) is 0 Å². The van der Waals surface area contributed by atoms with E-state index in [1.54, 1.807) is 11.3 Å². The van der Waals surface area contributed by atoms with Gasteiger partial charge in [-0.15, -0.1) is 11.3 Å². The fraction of sp³-hybridized carbons (Fsp3) is 0.538. The molecule has 2 aromatic rings. The molecule has 1 atom stereocenters. The number of hydrogen-bond donors (Lipinski definition) is 1. The maximum absolute atomic E-state index is 6.13. The van der Waals surface area contributed by atoms with Gasteiger partial charge in [-0.1, -0.05) is 32.9 Å². The third-order valence-electron chi connectivity index (χ3n) is 2.97. The largest absolute Gasteiger partial charge is 0.333 e. The molecule has 2 N–H and O–H groups in total. The van der Waals surface area contributed by atoms with Gasteiger partial charge in [-0.25, -0.2) is 0 Å². The second kappa shape index (κ2) is 4.82. The van der Waals surface area contributed by atoms with Gasteiger partial charge in [0.2, 0.25) is 0 Å². The number of rotatable bonds is 3. The molecule has 0 saturated heterocycles. The van der Waals surface area contributed by atoms with Crippen LogP contribution in [0.3, 0.4) is 0 Å². The van der Waals surface area contributed by atoms with Crippen LogP contribution in [0.5, 0.6) is 0 Å². The number of hydrogen-bond acceptors (Lipinski definition) is 5. The average Bonchev–Trinajstić information content (AvgIpc) is 2.94. The first-order valence-electron chi connectivity index (χ1n) is 6.09. The molecule has 5 heteroatoms. The van der Waals surface area contributed by atoms with Crippen LogP contribution in [0.4, 0.5) is 0 Å². The number of aryl methyl sites for hydroxylation is 1. The first kappa shape index (κ1) is 13.2. The third kappa shape index (κ3) is 2.47. The van der Waals surface area contributed by atoms with Gasteiger partial charge >= 0.3 is 0 Å². The molecule has 2 rings (SSSR count). The van der Waals surface area contributed by atoms with Crippen LogP contribution in [0.15, 0.2) is 16.0 Å². The molecule has 0 bridgehead atoms. The van der Waals surface area contributed by atoms with Gasteiger partial charge in [0.15, 0.2) is 5.82 Å². The molecule has 0 aliphatic carbocycles. The Balaban J connectivity index is 2.31. The molecule has 0 amide bonds. The van der Waals surface area contributed by atoms with E-state index in [1.165, 1.54) is 5.56 Å². The van der Waals surface area contributed by atoms with E-state index in [0.717, 1.165) is 11.3 Å². The van der Waals surface area contributed by atoms with Gasteiger partial charge < -0.3 is 10.3 Å². The van der Waals surface area contributed by atoms with Gasteiger partial charge in [-0.2, -0.15) is 4.98 Å². The Kier molecular flexibility index (Phi) is 3.54. The minimum Gasteiger partial charge on any atom is -0.333 e. The van der Waals surface area contributed by atoms with Gasteiger partial charge in [0.1, 0.15) is 0 Å². The molecule has 0 saturated carbocycles. The lowest BCUT2D eigenvalue weighted by atomic mass is 9.87. The molecule has 0 fully saturated rings. The summed E-state index contributed by atoms with van der Waals surface area (Å²) in [6, 6.07) is 1.87. The van der Waals surface area contributed by atoms with Crippen molar-refractivity contribution in [3.8, 4) is 10.8 Å². The van der Waals surface area contributed by atoms with Crippen LogP contribution in [0.25, 0.3) is 10.8 Å². The highest BCUT2D eigenvalue weighted by molar-refractivity contribution is 7.13. The van der Waals surface area contributed by atoms with Crippen molar-refractivity contribution in [2.24, 2.45) is 11.1 Å². The summed E-state index contributed by atoms with van der Waals surface area (Å²) in [6.07, 6.45) is 0.960. The highest BCUT2D eigenvalue weighted by Crippen LogP contribution is 2.32. The number of thiophene rings is 1. The molecule has 1 unspecified atom stereocenters. The average molecular weight is 265 g/mol. The Morgan fingerprint density at radius 2 is 2.17 bits per heavy atom. The molecule has 0 spiro atoms. The monoisotopic (exact) mass is 265 g/mol. The van der Waals surface area contributed by atoms with Crippen molar-refractivity contribution in [1.82, 2.24) is 10.1 Å². The molecule has 0 aliphatic rings. The van der Waals surface area contributed by atoms with Gasteiger partial charge in [-0.05, 0) is 28.8 Å². The Labute approximate surface area is 111 Å². The summed E-state index contributed by atoms with van der Waals surface area (Å²) < 4.78 is 5.34. The number of nitrogens with zero attached hydrogens (tertiary/aromatic N) is 2. The van der Waals surface area contributed by atoms with Crippen molar-refractivity contribution in [2.45, 2.75) is 40.2 Å². The summed E-state index contributed by atoms with van der Waals surface area (Å²) in [6.45, 7) is 8.31. The molecule has 0 radical (unpaired) electrons. The zero-order valence-corrected chi connectivity index (χ0v) is 12.0. The summed E-state index contributed by atoms with van der Waals surface area (Å²) in [5.41, 5.74) is 7.28. The molecule has 2 aromatic heterocycles. The van der Waals surface area contributed by atoms with Crippen molar-refractivity contribution < 1.29 is 4.52 Å². The fourth-order valence-corrected chi connectivity index (χ4v) is 2.56. The second-order valence-electron chi connectivity index (χ2n) is 5.43. The number of nitrogens with two attached hydrogens (primary N) is 1. The van der Waals surface area contributed by atoms with Gasteiger partial charge in [0.05, 0.1) is 10.9 Å². The summed E-state index contributed by atoms with van der Waals surface area (Å²) in [5, 5.41) is 6.05. The van der Waals surface area contributed by atoms with E-state index < -0.39 is 0 Å².